The van der Waals surface area contributed by atoms with Gasteiger partial charge in [0.1, 0.15) is 0 Å². The standard InChI is InChI=1S/C11H15NO3/c1-2-15-11(14)7-6-9-4-3-5-10(8-13)12-9/h3-5,13H,2,6-8H2,1H3. The molecule has 1 heterocycles. The topological polar surface area (TPSA) is 59.4 Å². The maximum Gasteiger partial charge on any atom is 0.306 e. The molecule has 4 nitrogen and oxygen atoms in total. The zero-order chi connectivity index (χ0) is 11.1. The molecule has 1 N–H and O–H groups in total. The van der Waals surface area contributed by atoms with E-state index in [2.05, 4.69) is 4.98 Å². The summed E-state index contributed by atoms with van der Waals surface area (Å²) < 4.78 is 4.80. The fraction of sp³-hybridized carbons (Fsp3) is 0.455. The van der Waals surface area contributed by atoms with Gasteiger partial charge in [-0.15, -0.1) is 0 Å². The Morgan fingerprint density at radius 2 is 2.20 bits per heavy atom. The Morgan fingerprint density at radius 3 is 2.87 bits per heavy atom. The van der Waals surface area contributed by atoms with Crippen molar-refractivity contribution in [3.8, 4) is 0 Å². The number of hydrogen-bond acceptors (Lipinski definition) is 4. The number of nitrogens with zero attached hydrogens (tertiary/aromatic N) is 1. The molecule has 0 aliphatic carbocycles. The number of rotatable bonds is 5. The summed E-state index contributed by atoms with van der Waals surface area (Å²) in [6.45, 7) is 2.11. The van der Waals surface area contributed by atoms with Gasteiger partial charge in [0.15, 0.2) is 0 Å². The first-order valence-electron chi connectivity index (χ1n) is 4.97. The van der Waals surface area contributed by atoms with Crippen LogP contribution in [0.2, 0.25) is 0 Å². The SMILES string of the molecule is CCOC(=O)CCc1cccc(CO)n1. The highest BCUT2D eigenvalue weighted by Crippen LogP contribution is 2.03. The molecule has 15 heavy (non-hydrogen) atoms. The molecule has 1 rings (SSSR count). The predicted octanol–water partition coefficient (Wildman–Crippen LogP) is 1.07. The number of aryl methyl sites for hydroxylation is 1. The molecule has 0 radical (unpaired) electrons. The summed E-state index contributed by atoms with van der Waals surface area (Å²) in [4.78, 5) is 15.2. The first-order valence-corrected chi connectivity index (χ1v) is 4.97. The van der Waals surface area contributed by atoms with E-state index in [9.17, 15) is 4.79 Å². The largest absolute Gasteiger partial charge is 0.466 e. The van der Waals surface area contributed by atoms with E-state index in [1.165, 1.54) is 0 Å². The van der Waals surface area contributed by atoms with Crippen LogP contribution < -0.4 is 0 Å². The number of esters is 1. The van der Waals surface area contributed by atoms with E-state index >= 15 is 0 Å². The molecule has 0 atom stereocenters. The lowest BCUT2D eigenvalue weighted by Gasteiger charge is -2.02. The van der Waals surface area contributed by atoms with E-state index in [0.717, 1.165) is 5.69 Å². The lowest BCUT2D eigenvalue weighted by molar-refractivity contribution is -0.143. The summed E-state index contributed by atoms with van der Waals surface area (Å²) in [6.07, 6.45) is 0.877. The van der Waals surface area contributed by atoms with Crippen LogP contribution >= 0.6 is 0 Å². The van der Waals surface area contributed by atoms with Crippen LogP contribution in [0.3, 0.4) is 0 Å². The van der Waals surface area contributed by atoms with Crippen molar-refractivity contribution >= 4 is 5.97 Å². The van der Waals surface area contributed by atoms with E-state index in [1.54, 1.807) is 13.0 Å². The molecule has 0 saturated carbocycles. The summed E-state index contributed by atoms with van der Waals surface area (Å²) in [5.41, 5.74) is 1.42. The smallest absolute Gasteiger partial charge is 0.306 e. The molecule has 1 aromatic heterocycles. The third kappa shape index (κ3) is 4.08. The maximum atomic E-state index is 11.1. The Hall–Kier alpha value is -1.42. The summed E-state index contributed by atoms with van der Waals surface area (Å²) in [5, 5.41) is 8.87. The normalized spacial score (nSPS) is 10.0. The van der Waals surface area contributed by atoms with Crippen molar-refractivity contribution in [3.05, 3.63) is 29.6 Å². The molecule has 4 heteroatoms. The molecule has 82 valence electrons. The summed E-state index contributed by atoms with van der Waals surface area (Å²) in [6, 6.07) is 5.39. The second-order valence-corrected chi connectivity index (χ2v) is 3.08. The van der Waals surface area contributed by atoms with Gasteiger partial charge >= 0.3 is 5.97 Å². The molecule has 0 aliphatic rings. The van der Waals surface area contributed by atoms with Gasteiger partial charge in [-0.25, -0.2) is 0 Å². The van der Waals surface area contributed by atoms with Crippen LogP contribution in [0.1, 0.15) is 24.7 Å². The van der Waals surface area contributed by atoms with E-state index in [4.69, 9.17) is 9.84 Å². The first-order chi connectivity index (χ1) is 7.26. The Labute approximate surface area is 88.9 Å². The highest BCUT2D eigenvalue weighted by molar-refractivity contribution is 5.69. The second kappa shape index (κ2) is 6.14. The van der Waals surface area contributed by atoms with E-state index in [-0.39, 0.29) is 12.6 Å². The average molecular weight is 209 g/mol. The van der Waals surface area contributed by atoms with Gasteiger partial charge in [0, 0.05) is 12.1 Å². The minimum Gasteiger partial charge on any atom is -0.466 e. The van der Waals surface area contributed by atoms with Crippen molar-refractivity contribution in [3.63, 3.8) is 0 Å². The van der Waals surface area contributed by atoms with Crippen molar-refractivity contribution in [1.29, 1.82) is 0 Å². The van der Waals surface area contributed by atoms with Gasteiger partial charge in [-0.2, -0.15) is 0 Å². The zero-order valence-corrected chi connectivity index (χ0v) is 8.77. The van der Waals surface area contributed by atoms with E-state index in [0.29, 0.717) is 25.1 Å². The molecule has 0 saturated heterocycles. The van der Waals surface area contributed by atoms with Crippen LogP contribution in [0.25, 0.3) is 0 Å². The molecule has 0 amide bonds. The predicted molar refractivity (Wildman–Crippen MR) is 55.1 cm³/mol. The third-order valence-electron chi connectivity index (χ3n) is 1.92. The number of carbonyl (C=O) groups is 1. The highest BCUT2D eigenvalue weighted by atomic mass is 16.5. The Bertz CT molecular complexity index is 325. The number of hydrogen-bond donors (Lipinski definition) is 1. The van der Waals surface area contributed by atoms with Gasteiger partial charge < -0.3 is 9.84 Å². The third-order valence-corrected chi connectivity index (χ3v) is 1.92. The van der Waals surface area contributed by atoms with Gasteiger partial charge in [-0.3, -0.25) is 9.78 Å². The van der Waals surface area contributed by atoms with Crippen LogP contribution in [-0.4, -0.2) is 22.7 Å². The fourth-order valence-corrected chi connectivity index (χ4v) is 1.22. The van der Waals surface area contributed by atoms with Crippen molar-refractivity contribution in [2.45, 2.75) is 26.4 Å². The van der Waals surface area contributed by atoms with Crippen LogP contribution in [0, 0.1) is 0 Å². The molecule has 0 aliphatic heterocycles. The Kier molecular flexibility index (Phi) is 4.77. The fourth-order valence-electron chi connectivity index (χ4n) is 1.22. The summed E-state index contributed by atoms with van der Waals surface area (Å²) in [5.74, 6) is -0.214. The Balaban J connectivity index is 2.46. The number of carbonyl (C=O) groups excluding carboxylic acids is 1. The van der Waals surface area contributed by atoms with E-state index < -0.39 is 0 Å². The second-order valence-electron chi connectivity index (χ2n) is 3.08. The summed E-state index contributed by atoms with van der Waals surface area (Å²) in [7, 11) is 0. The molecule has 0 fully saturated rings. The summed E-state index contributed by atoms with van der Waals surface area (Å²) >= 11 is 0. The molecular formula is C11H15NO3. The van der Waals surface area contributed by atoms with Gasteiger partial charge in [-0.1, -0.05) is 6.07 Å². The van der Waals surface area contributed by atoms with Crippen LogP contribution in [0.5, 0.6) is 0 Å². The lowest BCUT2D eigenvalue weighted by atomic mass is 10.2. The van der Waals surface area contributed by atoms with Crippen molar-refractivity contribution in [2.75, 3.05) is 6.61 Å². The molecule has 0 aromatic carbocycles. The Morgan fingerprint density at radius 1 is 1.47 bits per heavy atom. The quantitative estimate of drug-likeness (QED) is 0.737. The first kappa shape index (κ1) is 11.7. The van der Waals surface area contributed by atoms with Gasteiger partial charge in [0.05, 0.1) is 25.3 Å². The number of ether oxygens (including phenoxy) is 1. The lowest BCUT2D eigenvalue weighted by Crippen LogP contribution is -2.06. The van der Waals surface area contributed by atoms with E-state index in [1.807, 2.05) is 12.1 Å². The number of aliphatic hydroxyl groups excluding tert-OH is 1. The van der Waals surface area contributed by atoms with Gasteiger partial charge in [0.25, 0.3) is 0 Å². The number of pyridine rings is 1. The minimum absolute atomic E-state index is 0.0761. The highest BCUT2D eigenvalue weighted by Gasteiger charge is 2.03. The van der Waals surface area contributed by atoms with Crippen LogP contribution in [0.15, 0.2) is 18.2 Å². The minimum atomic E-state index is -0.214. The average Bonchev–Trinajstić information content (AvgIpc) is 2.27. The number of aromatic nitrogens is 1. The van der Waals surface area contributed by atoms with Gasteiger partial charge in [0.2, 0.25) is 0 Å². The van der Waals surface area contributed by atoms with Crippen molar-refractivity contribution in [1.82, 2.24) is 4.98 Å². The monoisotopic (exact) mass is 209 g/mol. The molecular weight excluding hydrogens is 194 g/mol. The van der Waals surface area contributed by atoms with Crippen molar-refractivity contribution < 1.29 is 14.6 Å². The number of aliphatic hydroxyl groups is 1. The van der Waals surface area contributed by atoms with Crippen LogP contribution in [-0.2, 0) is 22.6 Å². The molecule has 0 spiro atoms. The molecule has 0 bridgehead atoms. The molecule has 0 unspecified atom stereocenters. The zero-order valence-electron chi connectivity index (χ0n) is 8.77. The maximum absolute atomic E-state index is 11.1. The molecule has 1 aromatic rings. The van der Waals surface area contributed by atoms with Crippen molar-refractivity contribution in [2.24, 2.45) is 0 Å². The van der Waals surface area contributed by atoms with Crippen LogP contribution in [0.4, 0.5) is 0 Å². The van der Waals surface area contributed by atoms with Gasteiger partial charge in [-0.05, 0) is 19.1 Å².